The summed E-state index contributed by atoms with van der Waals surface area (Å²) < 4.78 is 5.43. The van der Waals surface area contributed by atoms with Gasteiger partial charge in [0.2, 0.25) is 0 Å². The molecule has 6 heteroatoms. The lowest BCUT2D eigenvalue weighted by molar-refractivity contribution is -0.115. The van der Waals surface area contributed by atoms with Crippen molar-refractivity contribution >= 4 is 40.3 Å². The zero-order chi connectivity index (χ0) is 19.5. The predicted molar refractivity (Wildman–Crippen MR) is 116 cm³/mol. The van der Waals surface area contributed by atoms with Crippen LogP contribution in [0.5, 0.6) is 0 Å². The highest BCUT2D eigenvalue weighted by Gasteiger charge is 2.24. The van der Waals surface area contributed by atoms with Crippen LogP contribution in [0.2, 0.25) is 0 Å². The SMILES string of the molecule is Cc1cccc(N=C2NC(=O)/C(=C/c3ccc(N4CCOCC4)cc3C)S2)c1. The molecule has 5 nitrogen and oxygen atoms in total. The molecule has 2 aliphatic heterocycles. The van der Waals surface area contributed by atoms with Crippen molar-refractivity contribution in [2.24, 2.45) is 4.99 Å². The molecule has 2 aliphatic rings. The van der Waals surface area contributed by atoms with Gasteiger partial charge in [-0.3, -0.25) is 4.79 Å². The number of rotatable bonds is 3. The van der Waals surface area contributed by atoms with Gasteiger partial charge in [-0.25, -0.2) is 4.99 Å². The van der Waals surface area contributed by atoms with E-state index in [0.29, 0.717) is 10.1 Å². The van der Waals surface area contributed by atoms with E-state index in [4.69, 9.17) is 4.74 Å². The summed E-state index contributed by atoms with van der Waals surface area (Å²) in [6.07, 6.45) is 1.94. The van der Waals surface area contributed by atoms with E-state index in [1.165, 1.54) is 17.4 Å². The van der Waals surface area contributed by atoms with Gasteiger partial charge >= 0.3 is 0 Å². The summed E-state index contributed by atoms with van der Waals surface area (Å²) in [5.74, 6) is -0.104. The first-order chi connectivity index (χ1) is 13.6. The van der Waals surface area contributed by atoms with Crippen molar-refractivity contribution in [1.29, 1.82) is 0 Å². The van der Waals surface area contributed by atoms with Crippen LogP contribution in [0, 0.1) is 13.8 Å². The van der Waals surface area contributed by atoms with Crippen LogP contribution in [0.15, 0.2) is 52.4 Å². The zero-order valence-electron chi connectivity index (χ0n) is 16.1. The lowest BCUT2D eigenvalue weighted by Gasteiger charge is -2.29. The highest BCUT2D eigenvalue weighted by Crippen LogP contribution is 2.30. The number of nitrogens with zero attached hydrogens (tertiary/aromatic N) is 2. The Hall–Kier alpha value is -2.57. The van der Waals surface area contributed by atoms with Crippen molar-refractivity contribution < 1.29 is 9.53 Å². The Balaban J connectivity index is 1.53. The smallest absolute Gasteiger partial charge is 0.264 e. The molecule has 2 aromatic rings. The molecule has 0 saturated carbocycles. The second kappa shape index (κ2) is 8.20. The lowest BCUT2D eigenvalue weighted by Crippen LogP contribution is -2.36. The van der Waals surface area contributed by atoms with E-state index in [9.17, 15) is 4.79 Å². The van der Waals surface area contributed by atoms with Crippen LogP contribution in [0.4, 0.5) is 11.4 Å². The van der Waals surface area contributed by atoms with E-state index in [0.717, 1.165) is 48.7 Å². The first-order valence-corrected chi connectivity index (χ1v) is 10.2. The zero-order valence-corrected chi connectivity index (χ0v) is 16.9. The molecule has 0 bridgehead atoms. The summed E-state index contributed by atoms with van der Waals surface area (Å²) in [7, 11) is 0. The fraction of sp³-hybridized carbons (Fsp3) is 0.273. The fourth-order valence-electron chi connectivity index (χ4n) is 3.28. The number of carbonyl (C=O) groups is 1. The van der Waals surface area contributed by atoms with Crippen molar-refractivity contribution in [2.75, 3.05) is 31.2 Å². The number of morpholine rings is 1. The van der Waals surface area contributed by atoms with Gasteiger partial charge in [0.25, 0.3) is 5.91 Å². The normalized spacial score (nSPS) is 20.1. The number of aliphatic imine (C=N–C) groups is 1. The fourth-order valence-corrected chi connectivity index (χ4v) is 4.11. The standard InChI is InChI=1S/C22H23N3O2S/c1-15-4-3-5-18(12-15)23-22-24-21(26)20(28-22)14-17-6-7-19(13-16(17)2)25-8-10-27-11-9-25/h3-7,12-14H,8-11H2,1-2H3,(H,23,24,26)/b20-14-. The van der Waals surface area contributed by atoms with Crippen molar-refractivity contribution in [2.45, 2.75) is 13.8 Å². The summed E-state index contributed by atoms with van der Waals surface area (Å²) in [6.45, 7) is 7.47. The molecule has 0 aliphatic carbocycles. The molecular weight excluding hydrogens is 370 g/mol. The number of nitrogens with one attached hydrogen (secondary N) is 1. The molecule has 2 saturated heterocycles. The van der Waals surface area contributed by atoms with Crippen molar-refractivity contribution in [3.63, 3.8) is 0 Å². The molecule has 1 amide bonds. The molecule has 2 fully saturated rings. The molecular formula is C22H23N3O2S. The van der Waals surface area contributed by atoms with E-state index >= 15 is 0 Å². The van der Waals surface area contributed by atoms with Crippen LogP contribution in [0.1, 0.15) is 16.7 Å². The number of thioether (sulfide) groups is 1. The van der Waals surface area contributed by atoms with E-state index in [1.807, 2.05) is 37.3 Å². The number of carbonyl (C=O) groups excluding carboxylic acids is 1. The van der Waals surface area contributed by atoms with Gasteiger partial charge in [0.1, 0.15) is 0 Å². The maximum Gasteiger partial charge on any atom is 0.264 e. The van der Waals surface area contributed by atoms with Crippen LogP contribution in [0.3, 0.4) is 0 Å². The van der Waals surface area contributed by atoms with Gasteiger partial charge in [-0.05, 0) is 72.6 Å². The van der Waals surface area contributed by atoms with E-state index < -0.39 is 0 Å². The van der Waals surface area contributed by atoms with E-state index in [2.05, 4.69) is 40.3 Å². The van der Waals surface area contributed by atoms with Crippen molar-refractivity contribution in [1.82, 2.24) is 5.32 Å². The number of benzene rings is 2. The maximum absolute atomic E-state index is 12.4. The van der Waals surface area contributed by atoms with Crippen LogP contribution in [0.25, 0.3) is 6.08 Å². The Morgan fingerprint density at radius 1 is 1.14 bits per heavy atom. The van der Waals surface area contributed by atoms with Crippen LogP contribution < -0.4 is 10.2 Å². The van der Waals surface area contributed by atoms with E-state index in [-0.39, 0.29) is 5.91 Å². The number of hydrogen-bond acceptors (Lipinski definition) is 5. The Morgan fingerprint density at radius 2 is 1.96 bits per heavy atom. The van der Waals surface area contributed by atoms with Crippen LogP contribution in [-0.4, -0.2) is 37.4 Å². The highest BCUT2D eigenvalue weighted by molar-refractivity contribution is 8.18. The second-order valence-electron chi connectivity index (χ2n) is 6.96. The quantitative estimate of drug-likeness (QED) is 0.800. The van der Waals surface area contributed by atoms with Gasteiger partial charge in [0.05, 0.1) is 23.8 Å². The second-order valence-corrected chi connectivity index (χ2v) is 7.99. The Kier molecular flexibility index (Phi) is 5.50. The molecule has 4 rings (SSSR count). The Morgan fingerprint density at radius 3 is 2.71 bits per heavy atom. The molecule has 28 heavy (non-hydrogen) atoms. The van der Waals surface area contributed by atoms with Gasteiger partial charge in [-0.2, -0.15) is 0 Å². The van der Waals surface area contributed by atoms with E-state index in [1.54, 1.807) is 0 Å². The van der Waals surface area contributed by atoms with Crippen LogP contribution in [-0.2, 0) is 9.53 Å². The van der Waals surface area contributed by atoms with Crippen LogP contribution >= 0.6 is 11.8 Å². The van der Waals surface area contributed by atoms with Gasteiger partial charge in [0.15, 0.2) is 5.17 Å². The monoisotopic (exact) mass is 393 g/mol. The summed E-state index contributed by atoms with van der Waals surface area (Å²) in [6, 6.07) is 14.3. The third-order valence-electron chi connectivity index (χ3n) is 4.80. The predicted octanol–water partition coefficient (Wildman–Crippen LogP) is 4.03. The largest absolute Gasteiger partial charge is 0.378 e. The van der Waals surface area contributed by atoms with Gasteiger partial charge in [-0.1, -0.05) is 18.2 Å². The molecule has 1 N–H and O–H groups in total. The summed E-state index contributed by atoms with van der Waals surface area (Å²) in [5, 5.41) is 3.47. The molecule has 2 aromatic carbocycles. The molecule has 0 aromatic heterocycles. The average Bonchev–Trinajstić information content (AvgIpc) is 3.03. The molecule has 0 atom stereocenters. The molecule has 144 valence electrons. The number of aryl methyl sites for hydroxylation is 2. The number of amides is 1. The summed E-state index contributed by atoms with van der Waals surface area (Å²) in [4.78, 5) is 19.9. The molecule has 0 unspecified atom stereocenters. The molecule has 0 spiro atoms. The Bertz CT molecular complexity index is 962. The number of anilines is 1. The maximum atomic E-state index is 12.4. The first-order valence-electron chi connectivity index (χ1n) is 9.38. The third-order valence-corrected chi connectivity index (χ3v) is 5.71. The first kappa shape index (κ1) is 18.8. The van der Waals surface area contributed by atoms with Crippen molar-refractivity contribution in [3.8, 4) is 0 Å². The minimum absolute atomic E-state index is 0.104. The number of ether oxygens (including phenoxy) is 1. The lowest BCUT2D eigenvalue weighted by atomic mass is 10.1. The van der Waals surface area contributed by atoms with Gasteiger partial charge in [0, 0.05) is 18.8 Å². The molecule has 0 radical (unpaired) electrons. The van der Waals surface area contributed by atoms with Crippen molar-refractivity contribution in [3.05, 3.63) is 64.1 Å². The van der Waals surface area contributed by atoms with Gasteiger partial charge in [-0.15, -0.1) is 0 Å². The third kappa shape index (κ3) is 4.29. The van der Waals surface area contributed by atoms with Gasteiger partial charge < -0.3 is 15.0 Å². The number of amidine groups is 1. The highest BCUT2D eigenvalue weighted by atomic mass is 32.2. The number of hydrogen-bond donors (Lipinski definition) is 1. The molecule has 2 heterocycles. The minimum Gasteiger partial charge on any atom is -0.378 e. The topological polar surface area (TPSA) is 53.9 Å². The Labute approximate surface area is 169 Å². The average molecular weight is 394 g/mol. The summed E-state index contributed by atoms with van der Waals surface area (Å²) >= 11 is 1.38. The minimum atomic E-state index is -0.104. The summed E-state index contributed by atoms with van der Waals surface area (Å²) in [5.41, 5.74) is 5.38.